The van der Waals surface area contributed by atoms with Crippen molar-refractivity contribution in [2.75, 3.05) is 6.61 Å². The van der Waals surface area contributed by atoms with Crippen molar-refractivity contribution in [3.05, 3.63) is 47.9 Å². The lowest BCUT2D eigenvalue weighted by molar-refractivity contribution is 0.298. The first-order chi connectivity index (χ1) is 10.2. The standard InChI is InChI=1S/C13H12FN5O2/c14-10-3-1-9(2-4-10)13-17-16-12(21-13)8-19-7-11(5-6-20)15-18-19/h1-4,7,20H,5-6,8H2. The average Bonchev–Trinajstić information content (AvgIpc) is 3.11. The summed E-state index contributed by atoms with van der Waals surface area (Å²) in [6.07, 6.45) is 2.16. The molecule has 0 aliphatic rings. The quantitative estimate of drug-likeness (QED) is 0.755. The Morgan fingerprint density at radius 1 is 1.14 bits per heavy atom. The van der Waals surface area contributed by atoms with Crippen LogP contribution in [0, 0.1) is 5.82 Å². The third-order valence-electron chi connectivity index (χ3n) is 2.81. The fraction of sp³-hybridized carbons (Fsp3) is 0.231. The van der Waals surface area contributed by atoms with Gasteiger partial charge in [-0.15, -0.1) is 15.3 Å². The number of rotatable bonds is 5. The van der Waals surface area contributed by atoms with Crippen molar-refractivity contribution in [2.24, 2.45) is 0 Å². The Hall–Kier alpha value is -2.61. The summed E-state index contributed by atoms with van der Waals surface area (Å²) in [7, 11) is 0. The van der Waals surface area contributed by atoms with Gasteiger partial charge in [0.05, 0.1) is 5.69 Å². The molecule has 0 amide bonds. The topological polar surface area (TPSA) is 89.9 Å². The van der Waals surface area contributed by atoms with Crippen LogP contribution in [0.15, 0.2) is 34.9 Å². The molecule has 3 aromatic rings. The van der Waals surface area contributed by atoms with Crippen molar-refractivity contribution in [3.63, 3.8) is 0 Å². The second-order valence-electron chi connectivity index (χ2n) is 4.39. The molecule has 2 heterocycles. The van der Waals surface area contributed by atoms with Crippen molar-refractivity contribution in [1.29, 1.82) is 0 Å². The van der Waals surface area contributed by atoms with E-state index in [1.54, 1.807) is 23.0 Å². The predicted molar refractivity (Wildman–Crippen MR) is 69.6 cm³/mol. The zero-order valence-electron chi connectivity index (χ0n) is 11.0. The van der Waals surface area contributed by atoms with Crippen LogP contribution in [-0.2, 0) is 13.0 Å². The predicted octanol–water partition coefficient (Wildman–Crippen LogP) is 1.05. The molecule has 0 aliphatic heterocycles. The van der Waals surface area contributed by atoms with Gasteiger partial charge in [-0.1, -0.05) is 5.21 Å². The van der Waals surface area contributed by atoms with Gasteiger partial charge in [0.1, 0.15) is 12.4 Å². The van der Waals surface area contributed by atoms with Crippen LogP contribution in [0.5, 0.6) is 0 Å². The van der Waals surface area contributed by atoms with Crippen LogP contribution < -0.4 is 0 Å². The molecule has 7 nitrogen and oxygen atoms in total. The number of hydrogen-bond acceptors (Lipinski definition) is 6. The van der Waals surface area contributed by atoms with E-state index in [0.29, 0.717) is 29.5 Å². The Labute approximate surface area is 119 Å². The minimum Gasteiger partial charge on any atom is -0.419 e. The number of aliphatic hydroxyl groups is 1. The smallest absolute Gasteiger partial charge is 0.247 e. The molecule has 8 heteroatoms. The number of benzene rings is 1. The number of nitrogens with zero attached hydrogens (tertiary/aromatic N) is 5. The lowest BCUT2D eigenvalue weighted by atomic mass is 10.2. The molecule has 0 radical (unpaired) electrons. The van der Waals surface area contributed by atoms with Gasteiger partial charge in [0.25, 0.3) is 0 Å². The van der Waals surface area contributed by atoms with Gasteiger partial charge in [-0.25, -0.2) is 9.07 Å². The normalized spacial score (nSPS) is 11.0. The highest BCUT2D eigenvalue weighted by molar-refractivity contribution is 5.51. The minimum atomic E-state index is -0.322. The van der Waals surface area contributed by atoms with Gasteiger partial charge in [0.15, 0.2) is 0 Å². The lowest BCUT2D eigenvalue weighted by Gasteiger charge is -1.95. The summed E-state index contributed by atoms with van der Waals surface area (Å²) in [5.74, 6) is 0.369. The first-order valence-corrected chi connectivity index (χ1v) is 6.33. The highest BCUT2D eigenvalue weighted by Crippen LogP contribution is 2.18. The zero-order valence-corrected chi connectivity index (χ0v) is 11.0. The van der Waals surface area contributed by atoms with Gasteiger partial charge in [0, 0.05) is 24.8 Å². The van der Waals surface area contributed by atoms with Crippen LogP contribution in [0.3, 0.4) is 0 Å². The Morgan fingerprint density at radius 2 is 1.95 bits per heavy atom. The summed E-state index contributed by atoms with van der Waals surface area (Å²) in [6, 6.07) is 5.80. The van der Waals surface area contributed by atoms with Crippen LogP contribution in [0.4, 0.5) is 4.39 Å². The van der Waals surface area contributed by atoms with E-state index in [-0.39, 0.29) is 19.0 Å². The van der Waals surface area contributed by atoms with Gasteiger partial charge in [-0.05, 0) is 24.3 Å². The van der Waals surface area contributed by atoms with Crippen LogP contribution in [0.25, 0.3) is 11.5 Å². The largest absolute Gasteiger partial charge is 0.419 e. The van der Waals surface area contributed by atoms with Crippen LogP contribution in [-0.4, -0.2) is 36.9 Å². The minimum absolute atomic E-state index is 0.0218. The van der Waals surface area contributed by atoms with Gasteiger partial charge in [0.2, 0.25) is 11.8 Å². The molecule has 0 saturated heterocycles. The van der Waals surface area contributed by atoms with Crippen LogP contribution >= 0.6 is 0 Å². The maximum atomic E-state index is 12.9. The van der Waals surface area contributed by atoms with E-state index in [9.17, 15) is 4.39 Å². The summed E-state index contributed by atoms with van der Waals surface area (Å²) < 4.78 is 19.9. The Balaban J connectivity index is 1.73. The van der Waals surface area contributed by atoms with Crippen molar-refractivity contribution < 1.29 is 13.9 Å². The summed E-state index contributed by atoms with van der Waals surface area (Å²) in [5, 5.41) is 24.5. The Bertz CT molecular complexity index is 722. The van der Waals surface area contributed by atoms with Crippen LogP contribution in [0.2, 0.25) is 0 Å². The first-order valence-electron chi connectivity index (χ1n) is 6.33. The molecule has 1 aromatic carbocycles. The molecule has 3 rings (SSSR count). The molecule has 21 heavy (non-hydrogen) atoms. The molecule has 0 saturated carbocycles. The van der Waals surface area contributed by atoms with Gasteiger partial charge >= 0.3 is 0 Å². The fourth-order valence-electron chi connectivity index (χ4n) is 1.81. The monoisotopic (exact) mass is 289 g/mol. The van der Waals surface area contributed by atoms with E-state index in [1.165, 1.54) is 12.1 Å². The van der Waals surface area contributed by atoms with E-state index in [0.717, 1.165) is 0 Å². The fourth-order valence-corrected chi connectivity index (χ4v) is 1.81. The summed E-state index contributed by atoms with van der Waals surface area (Å²) in [4.78, 5) is 0. The third-order valence-corrected chi connectivity index (χ3v) is 2.81. The Morgan fingerprint density at radius 3 is 2.71 bits per heavy atom. The first kappa shape index (κ1) is 13.4. The molecule has 0 aliphatic carbocycles. The molecule has 0 spiro atoms. The molecule has 0 atom stereocenters. The van der Waals surface area contributed by atoms with E-state index in [4.69, 9.17) is 9.52 Å². The second-order valence-corrected chi connectivity index (χ2v) is 4.39. The van der Waals surface area contributed by atoms with E-state index in [2.05, 4.69) is 20.5 Å². The molecular weight excluding hydrogens is 277 g/mol. The Kier molecular flexibility index (Phi) is 3.69. The highest BCUT2D eigenvalue weighted by atomic mass is 19.1. The third kappa shape index (κ3) is 3.11. The van der Waals surface area contributed by atoms with Gasteiger partial charge < -0.3 is 9.52 Å². The molecular formula is C13H12FN5O2. The van der Waals surface area contributed by atoms with Crippen LogP contribution in [0.1, 0.15) is 11.6 Å². The average molecular weight is 289 g/mol. The number of halogens is 1. The maximum absolute atomic E-state index is 12.9. The number of aromatic nitrogens is 5. The van der Waals surface area contributed by atoms with E-state index >= 15 is 0 Å². The molecule has 2 aromatic heterocycles. The number of hydrogen-bond donors (Lipinski definition) is 1. The molecule has 0 unspecified atom stereocenters. The van der Waals surface area contributed by atoms with Gasteiger partial charge in [-0.2, -0.15) is 0 Å². The van der Waals surface area contributed by atoms with Crippen molar-refractivity contribution >= 4 is 0 Å². The summed E-state index contributed by atoms with van der Waals surface area (Å²) in [6.45, 7) is 0.306. The lowest BCUT2D eigenvalue weighted by Crippen LogP contribution is -2.00. The highest BCUT2D eigenvalue weighted by Gasteiger charge is 2.10. The van der Waals surface area contributed by atoms with Crippen molar-refractivity contribution in [3.8, 4) is 11.5 Å². The molecule has 0 bridgehead atoms. The summed E-state index contributed by atoms with van der Waals surface area (Å²) in [5.41, 5.74) is 1.34. The van der Waals surface area contributed by atoms with E-state index < -0.39 is 0 Å². The number of aliphatic hydroxyl groups excluding tert-OH is 1. The molecule has 108 valence electrons. The van der Waals surface area contributed by atoms with E-state index in [1.807, 2.05) is 0 Å². The SMILES string of the molecule is OCCc1cn(Cc2nnc(-c3ccc(F)cc3)o2)nn1. The van der Waals surface area contributed by atoms with Crippen molar-refractivity contribution in [2.45, 2.75) is 13.0 Å². The van der Waals surface area contributed by atoms with Crippen molar-refractivity contribution in [1.82, 2.24) is 25.2 Å². The summed E-state index contributed by atoms with van der Waals surface area (Å²) >= 11 is 0. The van der Waals surface area contributed by atoms with Gasteiger partial charge in [-0.3, -0.25) is 0 Å². The zero-order chi connectivity index (χ0) is 14.7. The maximum Gasteiger partial charge on any atom is 0.247 e. The molecule has 1 N–H and O–H groups in total. The second kappa shape index (κ2) is 5.80. The molecule has 0 fully saturated rings.